The van der Waals surface area contributed by atoms with Crippen molar-refractivity contribution in [1.82, 2.24) is 4.98 Å². The molecular formula is C31H44N2O2. The second-order valence-corrected chi connectivity index (χ2v) is 13.8. The van der Waals surface area contributed by atoms with Crippen molar-refractivity contribution in [3.63, 3.8) is 0 Å². The second-order valence-electron chi connectivity index (χ2n) is 13.8. The van der Waals surface area contributed by atoms with E-state index in [1.165, 1.54) is 11.1 Å². The van der Waals surface area contributed by atoms with Crippen LogP contribution in [-0.2, 0) is 21.2 Å². The van der Waals surface area contributed by atoms with Gasteiger partial charge in [0.25, 0.3) is 0 Å². The number of methoxy groups -OCH3 is 1. The molecule has 3 aliphatic rings. The summed E-state index contributed by atoms with van der Waals surface area (Å²) in [6.07, 6.45) is 3.04. The van der Waals surface area contributed by atoms with Gasteiger partial charge in [-0.25, -0.2) is 0 Å². The number of ether oxygens (including phenoxy) is 1. The molecule has 0 unspecified atom stereocenters. The van der Waals surface area contributed by atoms with Crippen LogP contribution in [0, 0.1) is 11.3 Å². The molecule has 5 rings (SSSR count). The number of phenolic OH excluding ortho intramolecular Hbond substituents is 1. The normalized spacial score (nSPS) is 23.8. The molecule has 2 bridgehead atoms. The van der Waals surface area contributed by atoms with Crippen molar-refractivity contribution in [3.8, 4) is 5.75 Å². The van der Waals surface area contributed by atoms with E-state index < -0.39 is 5.60 Å². The molecule has 2 aromatic rings. The second kappa shape index (κ2) is 8.16. The first-order chi connectivity index (χ1) is 16.0. The molecule has 4 nitrogen and oxygen atoms in total. The number of pyridine rings is 1. The SMILES string of the molecule is COC(C)(C)c1ccc2c(n1)[C@@H](N=Cc1cc(C(C)(C)C)cc(C(C)(C)C)c1O)[C@@H]1C[C@H]2C1(C)C. The van der Waals surface area contributed by atoms with Crippen molar-refractivity contribution in [2.75, 3.05) is 7.11 Å². The quantitative estimate of drug-likeness (QED) is 0.463. The summed E-state index contributed by atoms with van der Waals surface area (Å²) in [5.74, 6) is 1.28. The largest absolute Gasteiger partial charge is 0.507 e. The van der Waals surface area contributed by atoms with Gasteiger partial charge in [0, 0.05) is 24.5 Å². The first-order valence-electron chi connectivity index (χ1n) is 13.0. The van der Waals surface area contributed by atoms with Gasteiger partial charge < -0.3 is 9.84 Å². The van der Waals surface area contributed by atoms with Gasteiger partial charge in [-0.15, -0.1) is 0 Å². The van der Waals surface area contributed by atoms with Crippen LogP contribution in [0.4, 0.5) is 0 Å². The van der Waals surface area contributed by atoms with Gasteiger partial charge >= 0.3 is 0 Å². The summed E-state index contributed by atoms with van der Waals surface area (Å²) in [6, 6.07) is 8.59. The third kappa shape index (κ3) is 4.33. The van der Waals surface area contributed by atoms with Gasteiger partial charge in [-0.1, -0.05) is 67.5 Å². The fourth-order valence-corrected chi connectivity index (χ4v) is 5.77. The zero-order valence-corrected chi connectivity index (χ0v) is 23.6. The number of hydrogen-bond acceptors (Lipinski definition) is 4. The minimum Gasteiger partial charge on any atom is -0.507 e. The third-order valence-electron chi connectivity index (χ3n) is 8.65. The number of rotatable bonds is 4. The van der Waals surface area contributed by atoms with Gasteiger partial charge in [-0.05, 0) is 71.6 Å². The van der Waals surface area contributed by atoms with E-state index in [2.05, 4.69) is 93.5 Å². The van der Waals surface area contributed by atoms with E-state index in [9.17, 15) is 5.11 Å². The number of nitrogens with zero attached hydrogens (tertiary/aromatic N) is 2. The van der Waals surface area contributed by atoms with E-state index >= 15 is 0 Å². The molecule has 1 heterocycles. The van der Waals surface area contributed by atoms with E-state index in [4.69, 9.17) is 14.7 Å². The molecule has 0 radical (unpaired) electrons. The highest BCUT2D eigenvalue weighted by Crippen LogP contribution is 2.66. The summed E-state index contributed by atoms with van der Waals surface area (Å²) < 4.78 is 5.73. The summed E-state index contributed by atoms with van der Waals surface area (Å²) in [6.45, 7) is 21.9. The van der Waals surface area contributed by atoms with Crippen molar-refractivity contribution in [2.45, 2.75) is 104 Å². The average molecular weight is 477 g/mol. The Balaban J connectivity index is 1.83. The Bertz CT molecular complexity index is 1160. The van der Waals surface area contributed by atoms with Crippen molar-refractivity contribution < 1.29 is 9.84 Å². The first-order valence-corrected chi connectivity index (χ1v) is 13.0. The highest BCUT2D eigenvalue weighted by molar-refractivity contribution is 5.85. The molecule has 0 amide bonds. The standard InChI is InChI=1S/C31H44N2O2/c1-28(2,3)19-14-18(27(34)23(15-19)29(4,5)6)17-32-26-22-16-21(30(22,7)8)20-12-13-24(33-25(20)26)31(9,10)35-11/h12-15,17,21-22,26,34H,16H2,1-11H3/t21-,22+,26+/m1/s1. The summed E-state index contributed by atoms with van der Waals surface area (Å²) in [7, 11) is 1.73. The zero-order chi connectivity index (χ0) is 26.1. The first kappa shape index (κ1) is 25.9. The molecule has 4 heteroatoms. The Kier molecular flexibility index (Phi) is 6.03. The number of aromatic hydroxyl groups is 1. The van der Waals surface area contributed by atoms with Crippen LogP contribution in [0.15, 0.2) is 29.3 Å². The number of hydrogen-bond donors (Lipinski definition) is 1. The molecule has 1 fully saturated rings. The van der Waals surface area contributed by atoms with Gasteiger partial charge in [-0.2, -0.15) is 0 Å². The lowest BCUT2D eigenvalue weighted by Gasteiger charge is -2.59. The third-order valence-corrected chi connectivity index (χ3v) is 8.65. The topological polar surface area (TPSA) is 54.7 Å². The molecule has 1 aromatic carbocycles. The molecule has 1 N–H and O–H groups in total. The molecule has 0 saturated heterocycles. The minimum atomic E-state index is -0.457. The highest BCUT2D eigenvalue weighted by atomic mass is 16.5. The van der Waals surface area contributed by atoms with E-state index in [-0.39, 0.29) is 22.3 Å². The predicted molar refractivity (Wildman–Crippen MR) is 145 cm³/mol. The van der Waals surface area contributed by atoms with Crippen LogP contribution < -0.4 is 0 Å². The van der Waals surface area contributed by atoms with Gasteiger partial charge in [0.05, 0.1) is 17.4 Å². The van der Waals surface area contributed by atoms with Crippen LogP contribution >= 0.6 is 0 Å². The molecule has 3 atom stereocenters. The van der Waals surface area contributed by atoms with Crippen LogP contribution in [0.1, 0.15) is 121 Å². The van der Waals surface area contributed by atoms with E-state index in [1.807, 2.05) is 6.21 Å². The predicted octanol–water partition coefficient (Wildman–Crippen LogP) is 7.57. The van der Waals surface area contributed by atoms with Gasteiger partial charge in [-0.3, -0.25) is 9.98 Å². The molecular weight excluding hydrogens is 432 g/mol. The molecule has 0 aliphatic heterocycles. The molecule has 3 aliphatic carbocycles. The minimum absolute atomic E-state index is 0.0287. The Morgan fingerprint density at radius 1 is 1.03 bits per heavy atom. The maximum absolute atomic E-state index is 11.3. The lowest BCUT2D eigenvalue weighted by Crippen LogP contribution is -2.50. The molecule has 35 heavy (non-hydrogen) atoms. The Morgan fingerprint density at radius 2 is 1.69 bits per heavy atom. The fraction of sp³-hybridized carbons (Fsp3) is 0.613. The van der Waals surface area contributed by atoms with E-state index in [1.54, 1.807) is 7.11 Å². The number of aliphatic imine (C=N–C) groups is 1. The lowest BCUT2D eigenvalue weighted by atomic mass is 9.46. The number of benzene rings is 1. The smallest absolute Gasteiger partial charge is 0.128 e. The Hall–Kier alpha value is -2.20. The number of phenols is 1. The summed E-state index contributed by atoms with van der Waals surface area (Å²) >= 11 is 0. The lowest BCUT2D eigenvalue weighted by molar-refractivity contribution is -0.00773. The Labute approximate surface area is 212 Å². The molecule has 1 saturated carbocycles. The maximum atomic E-state index is 11.3. The van der Waals surface area contributed by atoms with Crippen LogP contribution in [0.5, 0.6) is 5.75 Å². The van der Waals surface area contributed by atoms with E-state index in [0.29, 0.717) is 17.6 Å². The van der Waals surface area contributed by atoms with Crippen LogP contribution in [0.3, 0.4) is 0 Å². The van der Waals surface area contributed by atoms with Crippen LogP contribution in [0.25, 0.3) is 0 Å². The molecule has 1 aromatic heterocycles. The monoisotopic (exact) mass is 476 g/mol. The van der Waals surface area contributed by atoms with Crippen molar-refractivity contribution in [3.05, 3.63) is 57.9 Å². The van der Waals surface area contributed by atoms with Crippen molar-refractivity contribution in [1.29, 1.82) is 0 Å². The summed E-state index contributed by atoms with van der Waals surface area (Å²) in [5.41, 5.74) is 5.81. The molecule has 0 spiro atoms. The molecule has 190 valence electrons. The zero-order valence-electron chi connectivity index (χ0n) is 23.6. The highest BCUT2D eigenvalue weighted by Gasteiger charge is 2.57. The maximum Gasteiger partial charge on any atom is 0.128 e. The average Bonchev–Trinajstić information content (AvgIpc) is 2.75. The van der Waals surface area contributed by atoms with Gasteiger partial charge in [0.2, 0.25) is 0 Å². The number of aromatic nitrogens is 1. The van der Waals surface area contributed by atoms with Gasteiger partial charge in [0.15, 0.2) is 0 Å². The van der Waals surface area contributed by atoms with Crippen molar-refractivity contribution in [2.24, 2.45) is 16.3 Å². The Morgan fingerprint density at radius 3 is 2.23 bits per heavy atom. The van der Waals surface area contributed by atoms with Crippen LogP contribution in [0.2, 0.25) is 0 Å². The summed E-state index contributed by atoms with van der Waals surface area (Å²) in [4.78, 5) is 10.3. The summed E-state index contributed by atoms with van der Waals surface area (Å²) in [5, 5.41) is 11.3. The van der Waals surface area contributed by atoms with Crippen LogP contribution in [-0.4, -0.2) is 23.4 Å². The van der Waals surface area contributed by atoms with E-state index in [0.717, 1.165) is 28.9 Å². The van der Waals surface area contributed by atoms with Crippen molar-refractivity contribution >= 4 is 6.21 Å². The van der Waals surface area contributed by atoms with Gasteiger partial charge in [0.1, 0.15) is 11.4 Å². The fourth-order valence-electron chi connectivity index (χ4n) is 5.77.